The summed E-state index contributed by atoms with van der Waals surface area (Å²) in [5, 5.41) is 54.1. The molecule has 1 aliphatic rings. The van der Waals surface area contributed by atoms with Crippen molar-refractivity contribution in [1.29, 1.82) is 0 Å². The van der Waals surface area contributed by atoms with E-state index in [0.717, 1.165) is 38.5 Å². The normalized spacial score (nSPS) is 22.1. The van der Waals surface area contributed by atoms with E-state index < -0.39 is 49.5 Å². The van der Waals surface area contributed by atoms with Crippen LogP contribution >= 0.6 is 0 Å². The number of hydrogen-bond donors (Lipinski definition) is 6. The van der Waals surface area contributed by atoms with E-state index in [1.54, 1.807) is 0 Å². The summed E-state index contributed by atoms with van der Waals surface area (Å²) in [5.41, 5.74) is 0. The van der Waals surface area contributed by atoms with Crippen LogP contribution in [0.3, 0.4) is 0 Å². The van der Waals surface area contributed by atoms with Gasteiger partial charge in [-0.15, -0.1) is 0 Å². The Kier molecular flexibility index (Phi) is 31.5. The van der Waals surface area contributed by atoms with E-state index in [2.05, 4.69) is 31.3 Å². The number of carbonyl (C=O) groups excluding carboxylic acids is 1. The van der Waals surface area contributed by atoms with Gasteiger partial charge in [0.25, 0.3) is 0 Å². The van der Waals surface area contributed by atoms with Crippen LogP contribution in [0, 0.1) is 0 Å². The topological polar surface area (TPSA) is 149 Å². The van der Waals surface area contributed by atoms with Crippen molar-refractivity contribution in [1.82, 2.24) is 5.32 Å². The fourth-order valence-electron chi connectivity index (χ4n) is 6.86. The Bertz CT molecular complexity index is 812. The molecule has 0 spiro atoms. The van der Waals surface area contributed by atoms with Crippen molar-refractivity contribution in [3.8, 4) is 0 Å². The van der Waals surface area contributed by atoms with Crippen LogP contribution in [0.5, 0.6) is 0 Å². The number of aliphatic hydroxyl groups is 5. The number of aliphatic hydroxyl groups excluding tert-OH is 5. The smallest absolute Gasteiger partial charge is 0.220 e. The molecular weight excluding hydrogens is 646 g/mol. The van der Waals surface area contributed by atoms with Gasteiger partial charge in [0.1, 0.15) is 24.4 Å². The van der Waals surface area contributed by atoms with Gasteiger partial charge in [0.05, 0.1) is 25.4 Å². The Morgan fingerprint density at radius 2 is 1.10 bits per heavy atom. The number of allylic oxidation sites excluding steroid dienone is 2. The number of nitrogens with one attached hydrogen (secondary N) is 1. The zero-order chi connectivity index (χ0) is 37.4. The second-order valence-corrected chi connectivity index (χ2v) is 15.1. The van der Waals surface area contributed by atoms with Crippen molar-refractivity contribution in [3.63, 3.8) is 0 Å². The Morgan fingerprint density at radius 1 is 0.647 bits per heavy atom. The molecule has 1 amide bonds. The van der Waals surface area contributed by atoms with E-state index >= 15 is 0 Å². The zero-order valence-electron chi connectivity index (χ0n) is 32.9. The molecule has 0 aliphatic carbocycles. The molecule has 1 saturated heterocycles. The monoisotopic (exact) mass is 728 g/mol. The summed E-state index contributed by atoms with van der Waals surface area (Å²) in [4.78, 5) is 12.9. The van der Waals surface area contributed by atoms with E-state index in [0.29, 0.717) is 12.8 Å². The fraction of sp³-hybridized carbons (Fsp3) is 0.929. The molecule has 6 N–H and O–H groups in total. The van der Waals surface area contributed by atoms with Crippen molar-refractivity contribution in [2.45, 2.75) is 236 Å². The van der Waals surface area contributed by atoms with E-state index in [4.69, 9.17) is 9.47 Å². The van der Waals surface area contributed by atoms with Gasteiger partial charge >= 0.3 is 0 Å². The molecule has 9 nitrogen and oxygen atoms in total. The van der Waals surface area contributed by atoms with Gasteiger partial charge in [-0.05, 0) is 38.5 Å². The molecule has 51 heavy (non-hydrogen) atoms. The molecule has 0 aromatic rings. The first-order chi connectivity index (χ1) is 24.8. The standard InChI is InChI=1S/C42H81NO8/c1-3-5-7-9-11-13-14-15-16-17-18-19-20-21-22-24-26-28-30-32-38(46)43-35(36(45)31-29-27-25-23-12-10-8-6-4-2)34-50-42-41(49)40(48)39(47)37(33-44)51-42/h17-18,35-37,39-42,44-45,47-49H,3-16,19-34H2,1-2H3,(H,43,46)/b18-17-. The van der Waals surface area contributed by atoms with Crippen molar-refractivity contribution in [2.24, 2.45) is 0 Å². The Labute approximate surface area is 312 Å². The summed E-state index contributed by atoms with van der Waals surface area (Å²) in [6.07, 6.45) is 29.4. The van der Waals surface area contributed by atoms with Gasteiger partial charge < -0.3 is 40.3 Å². The van der Waals surface area contributed by atoms with Crippen molar-refractivity contribution in [2.75, 3.05) is 13.2 Å². The lowest BCUT2D eigenvalue weighted by Gasteiger charge is -2.40. The van der Waals surface area contributed by atoms with Crippen LogP contribution in [0.15, 0.2) is 12.2 Å². The molecule has 0 bridgehead atoms. The second kappa shape index (κ2) is 33.5. The van der Waals surface area contributed by atoms with Gasteiger partial charge in [-0.3, -0.25) is 4.79 Å². The summed E-state index contributed by atoms with van der Waals surface area (Å²) in [6.45, 7) is 3.80. The van der Waals surface area contributed by atoms with E-state index in [1.807, 2.05) is 0 Å². The lowest BCUT2D eigenvalue weighted by atomic mass is 9.99. The van der Waals surface area contributed by atoms with Crippen LogP contribution in [0.2, 0.25) is 0 Å². The highest BCUT2D eigenvalue weighted by Gasteiger charge is 2.44. The van der Waals surface area contributed by atoms with Crippen molar-refractivity contribution in [3.05, 3.63) is 12.2 Å². The highest BCUT2D eigenvalue weighted by molar-refractivity contribution is 5.76. The van der Waals surface area contributed by atoms with Crippen LogP contribution < -0.4 is 5.32 Å². The number of hydrogen-bond acceptors (Lipinski definition) is 8. The van der Waals surface area contributed by atoms with Crippen LogP contribution in [-0.2, 0) is 14.3 Å². The number of amides is 1. The molecule has 0 radical (unpaired) electrons. The summed E-state index contributed by atoms with van der Waals surface area (Å²) in [5.74, 6) is -0.151. The second-order valence-electron chi connectivity index (χ2n) is 15.1. The molecule has 0 aromatic heterocycles. The molecule has 1 rings (SSSR count). The SMILES string of the molecule is CCCCCCCCCC/C=C\CCCCCCCCCC(=O)NC(COC1OC(CO)C(O)C(O)C1O)C(O)CCCCCCCCCCC. The highest BCUT2D eigenvalue weighted by Crippen LogP contribution is 2.23. The van der Waals surface area contributed by atoms with E-state index in [-0.39, 0.29) is 12.5 Å². The minimum absolute atomic E-state index is 0.137. The summed E-state index contributed by atoms with van der Waals surface area (Å²) in [6, 6.07) is -0.715. The van der Waals surface area contributed by atoms with Crippen LogP contribution in [0.1, 0.15) is 194 Å². The van der Waals surface area contributed by atoms with Gasteiger partial charge in [0.15, 0.2) is 6.29 Å². The summed E-state index contributed by atoms with van der Waals surface area (Å²) in [7, 11) is 0. The molecule has 302 valence electrons. The molecule has 0 aromatic carbocycles. The Morgan fingerprint density at radius 3 is 1.59 bits per heavy atom. The van der Waals surface area contributed by atoms with Crippen molar-refractivity contribution < 1.29 is 39.8 Å². The first-order valence-electron chi connectivity index (χ1n) is 21.4. The molecule has 1 fully saturated rings. The predicted octanol–water partition coefficient (Wildman–Crippen LogP) is 8.17. The minimum atomic E-state index is -1.55. The highest BCUT2D eigenvalue weighted by atomic mass is 16.7. The molecular formula is C42H81NO8. The maximum atomic E-state index is 12.9. The lowest BCUT2D eigenvalue weighted by Crippen LogP contribution is -2.60. The van der Waals surface area contributed by atoms with Gasteiger partial charge in [0.2, 0.25) is 5.91 Å². The average molecular weight is 728 g/mol. The minimum Gasteiger partial charge on any atom is -0.394 e. The van der Waals surface area contributed by atoms with Crippen molar-refractivity contribution >= 4 is 5.91 Å². The molecule has 0 saturated carbocycles. The maximum absolute atomic E-state index is 12.9. The third-order valence-electron chi connectivity index (χ3n) is 10.4. The first-order valence-corrected chi connectivity index (χ1v) is 21.4. The molecule has 7 unspecified atom stereocenters. The molecule has 1 aliphatic heterocycles. The lowest BCUT2D eigenvalue weighted by molar-refractivity contribution is -0.302. The predicted molar refractivity (Wildman–Crippen MR) is 207 cm³/mol. The number of unbranched alkanes of at least 4 members (excludes halogenated alkanes) is 23. The van der Waals surface area contributed by atoms with Gasteiger partial charge in [0, 0.05) is 6.42 Å². The van der Waals surface area contributed by atoms with Crippen LogP contribution in [0.25, 0.3) is 0 Å². The average Bonchev–Trinajstić information content (AvgIpc) is 3.13. The van der Waals surface area contributed by atoms with E-state index in [9.17, 15) is 30.3 Å². The molecule has 7 atom stereocenters. The number of carbonyl (C=O) groups is 1. The van der Waals surface area contributed by atoms with Gasteiger partial charge in [-0.2, -0.15) is 0 Å². The van der Waals surface area contributed by atoms with Gasteiger partial charge in [-0.1, -0.05) is 161 Å². The fourth-order valence-corrected chi connectivity index (χ4v) is 6.86. The summed E-state index contributed by atoms with van der Waals surface area (Å²) >= 11 is 0. The number of rotatable bonds is 35. The molecule has 9 heteroatoms. The largest absolute Gasteiger partial charge is 0.394 e. The first kappa shape index (κ1) is 48.0. The third kappa shape index (κ3) is 24.8. The van der Waals surface area contributed by atoms with Crippen LogP contribution in [0.4, 0.5) is 0 Å². The third-order valence-corrected chi connectivity index (χ3v) is 10.4. The number of ether oxygens (including phenoxy) is 2. The summed E-state index contributed by atoms with van der Waals surface area (Å²) < 4.78 is 11.2. The van der Waals surface area contributed by atoms with Gasteiger partial charge in [-0.25, -0.2) is 0 Å². The Hall–Kier alpha value is -1.07. The van der Waals surface area contributed by atoms with E-state index in [1.165, 1.54) is 128 Å². The maximum Gasteiger partial charge on any atom is 0.220 e. The quantitative estimate of drug-likeness (QED) is 0.0283. The zero-order valence-corrected chi connectivity index (χ0v) is 32.9. The molecule has 1 heterocycles. The Balaban J connectivity index is 2.30. The van der Waals surface area contributed by atoms with Crippen LogP contribution in [-0.4, -0.2) is 87.5 Å².